The first-order valence-electron chi connectivity index (χ1n) is 16.8. The van der Waals surface area contributed by atoms with Gasteiger partial charge in [-0.25, -0.2) is 14.8 Å². The van der Waals surface area contributed by atoms with Crippen LogP contribution in [0.1, 0.15) is 85.3 Å². The number of aryl methyl sites for hydroxylation is 2. The Labute approximate surface area is 294 Å². The number of allylic oxidation sites excluding steroid dienone is 8. The number of nitrogens with zero attached hydrogens (tertiary/aromatic N) is 2. The molecule has 0 fully saturated rings. The molecule has 11 heteroatoms. The van der Waals surface area contributed by atoms with Gasteiger partial charge in [-0.1, -0.05) is 24.8 Å². The van der Waals surface area contributed by atoms with Gasteiger partial charge in [0.2, 0.25) is 0 Å². The first-order chi connectivity index (χ1) is 24.4. The van der Waals surface area contributed by atoms with Crippen molar-refractivity contribution in [3.05, 3.63) is 99.9 Å². The van der Waals surface area contributed by atoms with Crippen molar-refractivity contribution in [1.82, 2.24) is 19.9 Å². The van der Waals surface area contributed by atoms with Crippen LogP contribution in [0, 0.1) is 12.8 Å². The lowest BCUT2D eigenvalue weighted by molar-refractivity contribution is -0.140. The van der Waals surface area contributed by atoms with Crippen molar-refractivity contribution in [2.45, 2.75) is 58.8 Å². The molecule has 1 aliphatic carbocycles. The van der Waals surface area contributed by atoms with Gasteiger partial charge in [-0.3, -0.25) is 9.59 Å². The van der Waals surface area contributed by atoms with E-state index in [4.69, 9.17) is 14.7 Å². The molecule has 3 aliphatic heterocycles. The third kappa shape index (κ3) is 5.87. The normalized spacial score (nSPS) is 18.8. The molecule has 0 saturated heterocycles. The number of carbonyl (C=O) groups excluding carboxylic acids is 3. The highest BCUT2D eigenvalue weighted by molar-refractivity contribution is 6.04. The van der Waals surface area contributed by atoms with Gasteiger partial charge in [0.05, 0.1) is 35.8 Å². The quantitative estimate of drug-likeness (QED) is 0.172. The van der Waals surface area contributed by atoms with E-state index in [1.807, 2.05) is 45.0 Å². The molecule has 11 nitrogen and oxygen atoms in total. The molecule has 6 rings (SSSR count). The number of Topliss-reactive ketones (excluding diaryl/α,β-unsaturated/α-hetero) is 1. The highest BCUT2D eigenvalue weighted by Crippen LogP contribution is 2.52. The average molecular weight is 689 g/mol. The fourth-order valence-corrected chi connectivity index (χ4v) is 7.67. The minimum absolute atomic E-state index is 0.126. The van der Waals surface area contributed by atoms with Crippen molar-refractivity contribution in [3.63, 3.8) is 0 Å². The minimum Gasteiger partial charge on any atom is -0.478 e. The number of carboxylic acids is 1. The molecule has 51 heavy (non-hydrogen) atoms. The third-order valence-electron chi connectivity index (χ3n) is 10.5. The summed E-state index contributed by atoms with van der Waals surface area (Å²) in [4.78, 5) is 66.9. The lowest BCUT2D eigenvalue weighted by Crippen LogP contribution is -2.42. The molecule has 0 amide bonds. The second kappa shape index (κ2) is 13.6. The molecule has 2 aromatic heterocycles. The van der Waals surface area contributed by atoms with Crippen molar-refractivity contribution in [1.29, 1.82) is 0 Å². The Hall–Kier alpha value is -5.68. The molecule has 4 aliphatic rings. The van der Waals surface area contributed by atoms with E-state index in [9.17, 15) is 29.4 Å². The van der Waals surface area contributed by atoms with E-state index in [0.717, 1.165) is 50.7 Å². The molecular weight excluding hydrogens is 648 g/mol. The largest absolute Gasteiger partial charge is 0.478 e. The van der Waals surface area contributed by atoms with Crippen LogP contribution in [0.25, 0.3) is 38.9 Å². The Kier molecular flexibility index (Phi) is 9.35. The van der Waals surface area contributed by atoms with Crippen LogP contribution in [-0.4, -0.2) is 67.9 Å². The number of aliphatic carboxylic acids is 1. The first kappa shape index (κ1) is 35.2. The maximum Gasteiger partial charge on any atom is 0.332 e. The van der Waals surface area contributed by atoms with E-state index in [1.54, 1.807) is 19.1 Å². The van der Waals surface area contributed by atoms with Crippen molar-refractivity contribution < 1.29 is 34.1 Å². The number of methoxy groups -OCH3 is 1. The third-order valence-corrected chi connectivity index (χ3v) is 10.5. The van der Waals surface area contributed by atoms with Crippen LogP contribution in [0.4, 0.5) is 0 Å². The number of aldehydes is 1. The van der Waals surface area contributed by atoms with Gasteiger partial charge in [0, 0.05) is 51.8 Å². The van der Waals surface area contributed by atoms with E-state index in [1.165, 1.54) is 13.2 Å². The predicted octanol–water partition coefficient (Wildman–Crippen LogP) is 6.02. The number of aromatic nitrogens is 4. The van der Waals surface area contributed by atoms with Gasteiger partial charge < -0.3 is 29.7 Å². The maximum atomic E-state index is 13.5. The predicted molar refractivity (Wildman–Crippen MR) is 194 cm³/mol. The summed E-state index contributed by atoms with van der Waals surface area (Å²) in [7, 11) is 1.36. The number of carbonyl (C=O) groups is 4. The number of aromatic amines is 2. The molecule has 4 N–H and O–H groups in total. The zero-order valence-corrected chi connectivity index (χ0v) is 29.3. The van der Waals surface area contributed by atoms with Crippen LogP contribution in [0.15, 0.2) is 54.6 Å². The molecule has 0 aromatic carbocycles. The topological polar surface area (TPSA) is 175 Å². The summed E-state index contributed by atoms with van der Waals surface area (Å²) in [5, 5.41) is 20.3. The maximum absolute atomic E-state index is 13.5. The number of carboxylic acid groups (broad SMARTS) is 1. The smallest absolute Gasteiger partial charge is 0.332 e. The second-order valence-electron chi connectivity index (χ2n) is 13.2. The van der Waals surface area contributed by atoms with Gasteiger partial charge in [0.25, 0.3) is 0 Å². The van der Waals surface area contributed by atoms with Crippen LogP contribution < -0.4 is 0 Å². The average Bonchev–Trinajstić information content (AvgIpc) is 3.76. The number of ketones is 1. The summed E-state index contributed by atoms with van der Waals surface area (Å²) < 4.78 is 4.94. The standard InChI is InChI=1S/C40H40N4O7/c1-7-23-20(2)29-16-34-27-12-10-26(39(49)50)38(35(47)19-46)40(27,5)36(44-34)18-30-21(3)24(9-8-14-45)32(43-30)17-33-25(11-13-37(48)51-6)22(4)28(42-33)15-31(23)41-29/h7,10,12,14-18,38,42,44,46H,1,8-9,11,13,19H2,2-6H3,(H,49,50)/t38?,40-/m0/s1. The van der Waals surface area contributed by atoms with E-state index in [-0.39, 0.29) is 24.4 Å². The molecular formula is C40H40N4O7. The Morgan fingerprint density at radius 3 is 2.33 bits per heavy atom. The molecule has 262 valence electrons. The number of nitrogens with one attached hydrogen (secondary N) is 2. The Balaban J connectivity index is 1.76. The first-order valence-corrected chi connectivity index (χ1v) is 16.8. The van der Waals surface area contributed by atoms with Gasteiger partial charge in [-0.2, -0.15) is 0 Å². The van der Waals surface area contributed by atoms with Crippen LogP contribution in [0.5, 0.6) is 0 Å². The highest BCUT2D eigenvalue weighted by atomic mass is 16.5. The van der Waals surface area contributed by atoms with E-state index in [0.29, 0.717) is 52.6 Å². The van der Waals surface area contributed by atoms with Crippen molar-refractivity contribution in [3.8, 4) is 0 Å². The second-order valence-corrected chi connectivity index (χ2v) is 13.2. The molecule has 8 bridgehead atoms. The number of rotatable bonds is 10. The summed E-state index contributed by atoms with van der Waals surface area (Å²) in [6, 6.07) is 7.57. The Morgan fingerprint density at radius 1 is 0.961 bits per heavy atom. The SMILES string of the molecule is C=CC1=C(C)c2cc3[nH]c(cc4nc(cc5[nH]c(cc1n2)c(C)c5CCC(=O)OC)C(CCC=O)=C4C)[C@]1(C)C3=CC=C(C(=O)O)C1C(=O)CO. The number of ether oxygens (including phenoxy) is 1. The van der Waals surface area contributed by atoms with E-state index < -0.39 is 29.7 Å². The molecule has 1 unspecified atom stereocenters. The summed E-state index contributed by atoms with van der Waals surface area (Å²) >= 11 is 0. The number of aliphatic hydroxyl groups excluding tert-OH is 1. The number of aliphatic hydroxyl groups is 1. The van der Waals surface area contributed by atoms with Gasteiger partial charge in [-0.05, 0) is 98.2 Å². The number of hydrogen-bond acceptors (Lipinski definition) is 8. The number of hydrogen-bond donors (Lipinski definition) is 4. The number of fused-ring (bicyclic) bond motifs is 11. The fourth-order valence-electron chi connectivity index (χ4n) is 7.67. The number of esters is 1. The van der Waals surface area contributed by atoms with Crippen molar-refractivity contribution >= 4 is 62.9 Å². The van der Waals surface area contributed by atoms with Crippen molar-refractivity contribution in [2.24, 2.45) is 5.92 Å². The van der Waals surface area contributed by atoms with Crippen LogP contribution in [-0.2, 0) is 35.8 Å². The Bertz CT molecular complexity index is 2240. The molecule has 0 radical (unpaired) electrons. The van der Waals surface area contributed by atoms with Gasteiger partial charge in [0.1, 0.15) is 12.9 Å². The molecule has 5 heterocycles. The van der Waals surface area contributed by atoms with Crippen LogP contribution >= 0.6 is 0 Å². The zero-order chi connectivity index (χ0) is 36.8. The summed E-state index contributed by atoms with van der Waals surface area (Å²) in [6.45, 7) is 10.9. The zero-order valence-electron chi connectivity index (χ0n) is 29.3. The lowest BCUT2D eigenvalue weighted by Gasteiger charge is -2.37. The Morgan fingerprint density at radius 2 is 1.67 bits per heavy atom. The molecule has 2 atom stereocenters. The van der Waals surface area contributed by atoms with E-state index in [2.05, 4.69) is 16.5 Å². The minimum atomic E-state index is -1.25. The summed E-state index contributed by atoms with van der Waals surface area (Å²) in [5.74, 6) is -3.42. The monoisotopic (exact) mass is 688 g/mol. The van der Waals surface area contributed by atoms with Gasteiger partial charge >= 0.3 is 11.9 Å². The highest BCUT2D eigenvalue weighted by Gasteiger charge is 2.51. The van der Waals surface area contributed by atoms with E-state index >= 15 is 0 Å². The molecule has 2 aromatic rings. The molecule has 0 saturated carbocycles. The summed E-state index contributed by atoms with van der Waals surface area (Å²) in [6.07, 6.45) is 7.01. The van der Waals surface area contributed by atoms with Crippen molar-refractivity contribution in [2.75, 3.05) is 13.7 Å². The lowest BCUT2D eigenvalue weighted by atomic mass is 9.63. The van der Waals surface area contributed by atoms with Crippen LogP contribution in [0.2, 0.25) is 0 Å². The number of H-pyrrole nitrogens is 2. The van der Waals surface area contributed by atoms with Gasteiger partial charge in [-0.15, -0.1) is 0 Å². The van der Waals surface area contributed by atoms with Gasteiger partial charge in [0.15, 0.2) is 5.78 Å². The molecule has 0 spiro atoms. The fraction of sp³-hybridized carbons (Fsp3) is 0.300. The van der Waals surface area contributed by atoms with Crippen LogP contribution in [0.3, 0.4) is 0 Å². The summed E-state index contributed by atoms with van der Waals surface area (Å²) in [5.41, 5.74) is 9.76.